The molecule has 0 aromatic heterocycles. The van der Waals surface area contributed by atoms with E-state index in [4.69, 9.17) is 0 Å². The SMILES string of the molecule is Br.Br.CCCP(CCP(CCC)C1CCCCC1)C1CCCCC1. The summed E-state index contributed by atoms with van der Waals surface area (Å²) >= 11 is 0. The number of rotatable bonds is 9. The molecule has 0 amide bonds. The van der Waals surface area contributed by atoms with Gasteiger partial charge in [-0.15, -0.1) is 49.8 Å². The molecule has 146 valence electrons. The average Bonchev–Trinajstić information content (AvgIpc) is 2.59. The van der Waals surface area contributed by atoms with Gasteiger partial charge in [-0.3, -0.25) is 0 Å². The van der Waals surface area contributed by atoms with E-state index >= 15 is 0 Å². The lowest BCUT2D eigenvalue weighted by atomic mass is 10.0. The first-order chi connectivity index (χ1) is 10.8. The predicted molar refractivity (Wildman–Crippen MR) is 128 cm³/mol. The minimum Gasteiger partial charge on any atom is -0.114 e. The maximum Gasteiger partial charge on any atom is -0.0209 e. The highest BCUT2D eigenvalue weighted by Gasteiger charge is 2.26. The van der Waals surface area contributed by atoms with E-state index in [1.165, 1.54) is 25.7 Å². The van der Waals surface area contributed by atoms with E-state index in [1.54, 1.807) is 76.0 Å². The Morgan fingerprint density at radius 2 is 0.875 bits per heavy atom. The van der Waals surface area contributed by atoms with Crippen molar-refractivity contribution in [2.75, 3.05) is 24.6 Å². The molecule has 0 aliphatic heterocycles. The molecule has 0 N–H and O–H groups in total. The molecule has 0 nitrogen and oxygen atoms in total. The molecular weight excluding hydrogens is 462 g/mol. The van der Waals surface area contributed by atoms with Crippen molar-refractivity contribution in [2.45, 2.75) is 102 Å². The zero-order valence-electron chi connectivity index (χ0n) is 16.2. The van der Waals surface area contributed by atoms with Crippen LogP contribution < -0.4 is 0 Å². The third-order valence-electron chi connectivity index (χ3n) is 5.88. The topological polar surface area (TPSA) is 0 Å². The minimum absolute atomic E-state index is 0. The highest BCUT2D eigenvalue weighted by Crippen LogP contribution is 2.54. The van der Waals surface area contributed by atoms with E-state index < -0.39 is 0 Å². The Morgan fingerprint density at radius 1 is 0.542 bits per heavy atom. The molecule has 24 heavy (non-hydrogen) atoms. The first-order valence-corrected chi connectivity index (χ1v) is 13.9. The van der Waals surface area contributed by atoms with E-state index in [0.717, 1.165) is 11.3 Å². The molecule has 0 saturated heterocycles. The quantitative estimate of drug-likeness (QED) is 0.276. The smallest absolute Gasteiger partial charge is 0.0209 e. The molecule has 0 heterocycles. The summed E-state index contributed by atoms with van der Waals surface area (Å²) in [6.45, 7) is 4.85. The summed E-state index contributed by atoms with van der Waals surface area (Å²) in [7, 11) is 0.746. The average molecular weight is 504 g/mol. The molecule has 2 saturated carbocycles. The number of halogens is 2. The van der Waals surface area contributed by atoms with Gasteiger partial charge in [-0.2, -0.15) is 0 Å². The molecule has 2 unspecified atom stereocenters. The molecule has 0 aromatic rings. The van der Waals surface area contributed by atoms with Crippen LogP contribution in [0.25, 0.3) is 0 Å². The van der Waals surface area contributed by atoms with Crippen LogP contribution in [0.4, 0.5) is 0 Å². The summed E-state index contributed by atoms with van der Waals surface area (Å²) in [6, 6.07) is 0. The highest BCUT2D eigenvalue weighted by molar-refractivity contribution is 8.93. The van der Waals surface area contributed by atoms with Gasteiger partial charge in [0.2, 0.25) is 0 Å². The Hall–Kier alpha value is 1.82. The number of hydrogen-bond acceptors (Lipinski definition) is 0. The molecule has 2 fully saturated rings. The van der Waals surface area contributed by atoms with Crippen molar-refractivity contribution in [2.24, 2.45) is 0 Å². The van der Waals surface area contributed by atoms with E-state index in [1.807, 2.05) is 0 Å². The third kappa shape index (κ3) is 9.15. The van der Waals surface area contributed by atoms with Crippen LogP contribution in [0.1, 0.15) is 90.9 Å². The molecule has 2 atom stereocenters. The van der Waals surface area contributed by atoms with E-state index in [9.17, 15) is 0 Å². The molecular formula is C20H42Br2P2. The lowest BCUT2D eigenvalue weighted by molar-refractivity contribution is 0.509. The monoisotopic (exact) mass is 502 g/mol. The fourth-order valence-corrected chi connectivity index (χ4v) is 12.0. The summed E-state index contributed by atoms with van der Waals surface area (Å²) in [6.07, 6.45) is 24.9. The Morgan fingerprint density at radius 3 is 1.17 bits per heavy atom. The van der Waals surface area contributed by atoms with Crippen molar-refractivity contribution >= 4 is 49.8 Å². The maximum atomic E-state index is 2.42. The van der Waals surface area contributed by atoms with Gasteiger partial charge in [-0.1, -0.05) is 65.2 Å². The van der Waals surface area contributed by atoms with E-state index in [-0.39, 0.29) is 34.0 Å². The highest BCUT2D eigenvalue weighted by atomic mass is 79.9. The van der Waals surface area contributed by atoms with Crippen LogP contribution in [0, 0.1) is 0 Å². The van der Waals surface area contributed by atoms with Crippen molar-refractivity contribution in [3.8, 4) is 0 Å². The number of hydrogen-bond donors (Lipinski definition) is 0. The van der Waals surface area contributed by atoms with Crippen LogP contribution in [-0.4, -0.2) is 36.0 Å². The molecule has 0 aromatic carbocycles. The molecule has 0 spiro atoms. The second-order valence-corrected chi connectivity index (χ2v) is 13.3. The molecule has 2 aliphatic carbocycles. The standard InChI is InChI=1S/C20H40P2.2BrH/c1-3-15-21(19-11-7-5-8-12-19)17-18-22(16-4-2)20-13-9-6-10-14-20;;/h19-20H,3-18H2,1-2H3;2*1H. The predicted octanol–water partition coefficient (Wildman–Crippen LogP) is 8.59. The summed E-state index contributed by atoms with van der Waals surface area (Å²) in [5.74, 6) is 0. The Bertz CT molecular complexity index is 249. The van der Waals surface area contributed by atoms with Gasteiger partial charge in [0.15, 0.2) is 0 Å². The Balaban J connectivity index is 0.00000264. The first-order valence-electron chi connectivity index (χ1n) is 10.3. The lowest BCUT2D eigenvalue weighted by Gasteiger charge is -2.35. The molecule has 0 bridgehead atoms. The van der Waals surface area contributed by atoms with Gasteiger partial charge in [0, 0.05) is 0 Å². The van der Waals surface area contributed by atoms with Crippen molar-refractivity contribution in [3.05, 3.63) is 0 Å². The largest absolute Gasteiger partial charge is 0.114 e. The second kappa shape index (κ2) is 15.8. The van der Waals surface area contributed by atoms with E-state index in [2.05, 4.69) is 13.8 Å². The third-order valence-corrected chi connectivity index (χ3v) is 13.0. The molecule has 2 rings (SSSR count). The van der Waals surface area contributed by atoms with Gasteiger partial charge < -0.3 is 0 Å². The molecule has 4 heteroatoms. The molecule has 2 aliphatic rings. The fourth-order valence-electron chi connectivity index (χ4n) is 4.68. The van der Waals surface area contributed by atoms with Gasteiger partial charge in [-0.25, -0.2) is 0 Å². The summed E-state index contributed by atoms with van der Waals surface area (Å²) in [5, 5.41) is 0. The normalized spacial score (nSPS) is 22.2. The fraction of sp³-hybridized carbons (Fsp3) is 1.00. The van der Waals surface area contributed by atoms with Crippen molar-refractivity contribution in [3.63, 3.8) is 0 Å². The first kappa shape index (κ1) is 25.8. The van der Waals surface area contributed by atoms with Crippen LogP contribution in [0.15, 0.2) is 0 Å². The summed E-state index contributed by atoms with van der Waals surface area (Å²) in [4.78, 5) is 0. The van der Waals surface area contributed by atoms with Crippen LogP contribution in [0.3, 0.4) is 0 Å². The van der Waals surface area contributed by atoms with Crippen LogP contribution in [-0.2, 0) is 0 Å². The van der Waals surface area contributed by atoms with Gasteiger partial charge in [0.1, 0.15) is 0 Å². The molecule has 0 radical (unpaired) electrons. The van der Waals surface area contributed by atoms with Crippen molar-refractivity contribution in [1.82, 2.24) is 0 Å². The van der Waals surface area contributed by atoms with Crippen molar-refractivity contribution in [1.29, 1.82) is 0 Å². The van der Waals surface area contributed by atoms with Gasteiger partial charge in [-0.05, 0) is 61.6 Å². The summed E-state index contributed by atoms with van der Waals surface area (Å²) < 4.78 is 0. The van der Waals surface area contributed by atoms with Crippen LogP contribution in [0.5, 0.6) is 0 Å². The van der Waals surface area contributed by atoms with E-state index in [0.29, 0.717) is 15.8 Å². The lowest BCUT2D eigenvalue weighted by Crippen LogP contribution is -2.18. The second-order valence-electron chi connectivity index (χ2n) is 7.66. The van der Waals surface area contributed by atoms with Crippen LogP contribution >= 0.6 is 49.8 Å². The zero-order valence-corrected chi connectivity index (χ0v) is 21.4. The van der Waals surface area contributed by atoms with Gasteiger partial charge >= 0.3 is 0 Å². The van der Waals surface area contributed by atoms with Crippen molar-refractivity contribution < 1.29 is 0 Å². The maximum absolute atomic E-state index is 2.42. The zero-order chi connectivity index (χ0) is 15.6. The Labute approximate surface area is 176 Å². The van der Waals surface area contributed by atoms with Gasteiger partial charge in [0.25, 0.3) is 0 Å². The minimum atomic E-state index is 0. The van der Waals surface area contributed by atoms with Crippen LogP contribution in [0.2, 0.25) is 0 Å². The van der Waals surface area contributed by atoms with Gasteiger partial charge in [0.05, 0.1) is 0 Å². The Kier molecular flexibility index (Phi) is 17.0. The summed E-state index contributed by atoms with van der Waals surface area (Å²) in [5.41, 5.74) is 2.32.